The smallest absolute Gasteiger partial charge is 0.325 e. The molecular formula is C18H18N4O4. The number of nitrogens with zero attached hydrogens (tertiary/aromatic N) is 3. The maximum Gasteiger partial charge on any atom is 0.325 e. The van der Waals surface area contributed by atoms with E-state index in [1.807, 2.05) is 24.3 Å². The van der Waals surface area contributed by atoms with Gasteiger partial charge in [-0.2, -0.15) is 4.98 Å². The zero-order valence-corrected chi connectivity index (χ0v) is 14.4. The topological polar surface area (TPSA) is 99.4 Å². The quantitative estimate of drug-likeness (QED) is 0.645. The fraction of sp³-hybridized carbons (Fsp3) is 0.222. The number of ether oxygens (including phenoxy) is 2. The van der Waals surface area contributed by atoms with Crippen molar-refractivity contribution in [2.45, 2.75) is 6.42 Å². The zero-order valence-electron chi connectivity index (χ0n) is 14.4. The molecular weight excluding hydrogens is 336 g/mol. The Morgan fingerprint density at radius 2 is 1.96 bits per heavy atom. The molecule has 0 bridgehead atoms. The normalized spacial score (nSPS) is 10.4. The summed E-state index contributed by atoms with van der Waals surface area (Å²) in [6.45, 7) is 0.0510. The van der Waals surface area contributed by atoms with Gasteiger partial charge >= 0.3 is 5.97 Å². The molecule has 0 aliphatic carbocycles. The molecule has 3 rings (SSSR count). The third kappa shape index (κ3) is 4.35. The van der Waals surface area contributed by atoms with E-state index in [9.17, 15) is 4.79 Å². The number of rotatable bonds is 7. The molecule has 3 aromatic rings. The van der Waals surface area contributed by atoms with E-state index in [1.165, 1.54) is 7.11 Å². The summed E-state index contributed by atoms with van der Waals surface area (Å²) in [5.74, 6) is 1.96. The van der Waals surface area contributed by atoms with Crippen molar-refractivity contribution in [1.82, 2.24) is 15.1 Å². The third-order valence-corrected chi connectivity index (χ3v) is 3.64. The Bertz CT molecular complexity index is 860. The Labute approximate surface area is 150 Å². The van der Waals surface area contributed by atoms with Gasteiger partial charge in [0.15, 0.2) is 5.82 Å². The highest BCUT2D eigenvalue weighted by Gasteiger charge is 2.10. The van der Waals surface area contributed by atoms with Gasteiger partial charge in [0.25, 0.3) is 5.89 Å². The molecule has 0 fully saturated rings. The zero-order chi connectivity index (χ0) is 18.4. The van der Waals surface area contributed by atoms with Gasteiger partial charge in [-0.3, -0.25) is 4.79 Å². The molecule has 0 aliphatic heterocycles. The van der Waals surface area contributed by atoms with Crippen LogP contribution in [0.5, 0.6) is 5.75 Å². The van der Waals surface area contributed by atoms with Crippen LogP contribution in [0.2, 0.25) is 0 Å². The number of anilines is 1. The summed E-state index contributed by atoms with van der Waals surface area (Å²) in [6, 6.07) is 11.2. The van der Waals surface area contributed by atoms with Crippen molar-refractivity contribution < 1.29 is 18.8 Å². The highest BCUT2D eigenvalue weighted by Crippen LogP contribution is 2.19. The molecule has 134 valence electrons. The summed E-state index contributed by atoms with van der Waals surface area (Å²) in [6.07, 6.45) is 2.16. The third-order valence-electron chi connectivity index (χ3n) is 3.64. The lowest BCUT2D eigenvalue weighted by Crippen LogP contribution is -2.15. The van der Waals surface area contributed by atoms with Gasteiger partial charge in [0, 0.05) is 12.6 Å². The second-order valence-corrected chi connectivity index (χ2v) is 5.40. The molecule has 0 saturated heterocycles. The average Bonchev–Trinajstić information content (AvgIpc) is 3.15. The standard InChI is InChI=1S/C18H18N4O4/c1-24-14-6-3-12(4-7-14)9-16-21-18(26-22-16)13-5-8-15(19-10-13)20-11-17(23)25-2/h3-8,10H,9,11H2,1-2H3,(H,19,20). The van der Waals surface area contributed by atoms with E-state index in [0.29, 0.717) is 29.5 Å². The Morgan fingerprint density at radius 1 is 1.15 bits per heavy atom. The van der Waals surface area contributed by atoms with Crippen molar-refractivity contribution in [2.75, 3.05) is 26.1 Å². The van der Waals surface area contributed by atoms with Crippen LogP contribution in [0.25, 0.3) is 11.5 Å². The first-order valence-corrected chi connectivity index (χ1v) is 7.90. The lowest BCUT2D eigenvalue weighted by atomic mass is 10.1. The van der Waals surface area contributed by atoms with E-state index >= 15 is 0 Å². The number of methoxy groups -OCH3 is 2. The van der Waals surface area contributed by atoms with Crippen molar-refractivity contribution in [3.05, 3.63) is 54.0 Å². The maximum absolute atomic E-state index is 11.1. The Hall–Kier alpha value is -3.42. The molecule has 1 N–H and O–H groups in total. The predicted molar refractivity (Wildman–Crippen MR) is 93.8 cm³/mol. The highest BCUT2D eigenvalue weighted by molar-refractivity contribution is 5.74. The molecule has 8 heteroatoms. The predicted octanol–water partition coefficient (Wildman–Crippen LogP) is 2.32. The first kappa shape index (κ1) is 17.4. The molecule has 0 amide bonds. The van der Waals surface area contributed by atoms with Gasteiger partial charge in [-0.25, -0.2) is 4.98 Å². The molecule has 8 nitrogen and oxygen atoms in total. The number of carbonyl (C=O) groups excluding carboxylic acids is 1. The summed E-state index contributed by atoms with van der Waals surface area (Å²) < 4.78 is 15.0. The first-order chi connectivity index (χ1) is 12.7. The number of hydrogen-bond acceptors (Lipinski definition) is 8. The number of carbonyl (C=O) groups is 1. The Balaban J connectivity index is 1.64. The SMILES string of the molecule is COC(=O)CNc1ccc(-c2nc(Cc3ccc(OC)cc3)no2)cn1. The molecule has 0 spiro atoms. The molecule has 0 atom stereocenters. The van der Waals surface area contributed by atoms with Crippen LogP contribution in [0.3, 0.4) is 0 Å². The van der Waals surface area contributed by atoms with Gasteiger partial charge in [0.1, 0.15) is 18.1 Å². The van der Waals surface area contributed by atoms with Gasteiger partial charge in [0.2, 0.25) is 0 Å². The van der Waals surface area contributed by atoms with Crippen LogP contribution >= 0.6 is 0 Å². The minimum Gasteiger partial charge on any atom is -0.497 e. The van der Waals surface area contributed by atoms with Crippen LogP contribution in [0, 0.1) is 0 Å². The largest absolute Gasteiger partial charge is 0.497 e. The number of nitrogens with one attached hydrogen (secondary N) is 1. The van der Waals surface area contributed by atoms with Gasteiger partial charge in [-0.15, -0.1) is 0 Å². The molecule has 2 heterocycles. The lowest BCUT2D eigenvalue weighted by Gasteiger charge is -2.03. The summed E-state index contributed by atoms with van der Waals surface area (Å²) in [4.78, 5) is 19.7. The van der Waals surface area contributed by atoms with E-state index in [4.69, 9.17) is 9.26 Å². The Morgan fingerprint density at radius 3 is 2.62 bits per heavy atom. The van der Waals surface area contributed by atoms with E-state index in [2.05, 4.69) is 25.2 Å². The van der Waals surface area contributed by atoms with Gasteiger partial charge < -0.3 is 19.3 Å². The molecule has 26 heavy (non-hydrogen) atoms. The van der Waals surface area contributed by atoms with Crippen molar-refractivity contribution in [1.29, 1.82) is 0 Å². The van der Waals surface area contributed by atoms with Crippen LogP contribution < -0.4 is 10.1 Å². The van der Waals surface area contributed by atoms with Gasteiger partial charge in [0.05, 0.1) is 19.8 Å². The fourth-order valence-electron chi connectivity index (χ4n) is 2.23. The highest BCUT2D eigenvalue weighted by atomic mass is 16.5. The number of pyridine rings is 1. The molecule has 2 aromatic heterocycles. The second-order valence-electron chi connectivity index (χ2n) is 5.40. The van der Waals surface area contributed by atoms with Crippen molar-refractivity contribution in [2.24, 2.45) is 0 Å². The number of aromatic nitrogens is 3. The number of esters is 1. The summed E-state index contributed by atoms with van der Waals surface area (Å²) in [5.41, 5.74) is 1.75. The first-order valence-electron chi connectivity index (χ1n) is 7.90. The summed E-state index contributed by atoms with van der Waals surface area (Å²) >= 11 is 0. The molecule has 0 aliphatic rings. The van der Waals surface area contributed by atoms with Crippen molar-refractivity contribution in [3.8, 4) is 17.2 Å². The van der Waals surface area contributed by atoms with Crippen LogP contribution in [-0.2, 0) is 16.0 Å². The van der Waals surface area contributed by atoms with Gasteiger partial charge in [-0.1, -0.05) is 17.3 Å². The second kappa shape index (κ2) is 8.11. The van der Waals surface area contributed by atoms with Crippen LogP contribution in [-0.4, -0.2) is 41.9 Å². The van der Waals surface area contributed by atoms with Crippen molar-refractivity contribution in [3.63, 3.8) is 0 Å². The van der Waals surface area contributed by atoms with Crippen LogP contribution in [0.1, 0.15) is 11.4 Å². The van der Waals surface area contributed by atoms with E-state index < -0.39 is 0 Å². The van der Waals surface area contributed by atoms with Crippen molar-refractivity contribution >= 4 is 11.8 Å². The van der Waals surface area contributed by atoms with Gasteiger partial charge in [-0.05, 0) is 29.8 Å². The molecule has 0 saturated carbocycles. The van der Waals surface area contributed by atoms with Crippen LogP contribution in [0.4, 0.5) is 5.82 Å². The molecule has 1 aromatic carbocycles. The minimum absolute atomic E-state index is 0.0510. The summed E-state index contributed by atoms with van der Waals surface area (Å²) in [7, 11) is 2.96. The monoisotopic (exact) mass is 354 g/mol. The van der Waals surface area contributed by atoms with E-state index in [0.717, 1.165) is 11.3 Å². The van der Waals surface area contributed by atoms with Crippen LogP contribution in [0.15, 0.2) is 47.1 Å². The molecule has 0 radical (unpaired) electrons. The minimum atomic E-state index is -0.365. The Kier molecular flexibility index (Phi) is 5.43. The van der Waals surface area contributed by atoms with E-state index in [-0.39, 0.29) is 12.5 Å². The fourth-order valence-corrected chi connectivity index (χ4v) is 2.23. The average molecular weight is 354 g/mol. The number of hydrogen-bond donors (Lipinski definition) is 1. The van der Waals surface area contributed by atoms with E-state index in [1.54, 1.807) is 25.4 Å². The summed E-state index contributed by atoms with van der Waals surface area (Å²) in [5, 5.41) is 6.86. The lowest BCUT2D eigenvalue weighted by molar-refractivity contribution is -0.138. The number of benzene rings is 1. The molecule has 0 unspecified atom stereocenters. The maximum atomic E-state index is 11.1.